The van der Waals surface area contributed by atoms with Crippen LogP contribution in [0.4, 0.5) is 51.2 Å². The van der Waals surface area contributed by atoms with Crippen LogP contribution < -0.4 is 14.7 Å². The fourth-order valence-corrected chi connectivity index (χ4v) is 10.9. The van der Waals surface area contributed by atoms with Crippen LogP contribution in [0.15, 0.2) is 127 Å². The second-order valence-electron chi connectivity index (χ2n) is 19.7. The third-order valence-electron chi connectivity index (χ3n) is 14.0. The third kappa shape index (κ3) is 5.54. The standard InChI is InChI=1S/C57H57N3/c1-34-16-20-40(21-17-34)58(42-26-36(3)24-37(4)27-42)44-30-48-53-50(32-44)57(11,12)51-33-45(59(41-22-18-35(2)19-23-41)43-28-38(5)25-39(6)29-43)31-49-54(51)60(53)52-46(55(48,7)8)14-13-15-47(52)56(49,9)10/h13-33H,1-12H3. The number of hydrogen-bond acceptors (Lipinski definition) is 3. The van der Waals surface area contributed by atoms with Crippen molar-refractivity contribution in [1.29, 1.82) is 0 Å². The maximum absolute atomic E-state index is 2.69. The Labute approximate surface area is 358 Å². The van der Waals surface area contributed by atoms with Gasteiger partial charge >= 0.3 is 0 Å². The van der Waals surface area contributed by atoms with Gasteiger partial charge in [0, 0.05) is 50.4 Å². The predicted molar refractivity (Wildman–Crippen MR) is 255 cm³/mol. The molecular formula is C57H57N3. The van der Waals surface area contributed by atoms with Crippen molar-refractivity contribution in [3.8, 4) is 0 Å². The van der Waals surface area contributed by atoms with E-state index >= 15 is 0 Å². The van der Waals surface area contributed by atoms with Gasteiger partial charge in [0.2, 0.25) is 0 Å². The zero-order valence-electron chi connectivity index (χ0n) is 37.5. The molecule has 3 aliphatic heterocycles. The number of aryl methyl sites for hydroxylation is 6. The predicted octanol–water partition coefficient (Wildman–Crippen LogP) is 15.9. The molecule has 0 spiro atoms. The van der Waals surface area contributed by atoms with Crippen molar-refractivity contribution in [3.63, 3.8) is 0 Å². The van der Waals surface area contributed by atoms with E-state index in [4.69, 9.17) is 0 Å². The van der Waals surface area contributed by atoms with E-state index in [1.54, 1.807) is 0 Å². The van der Waals surface area contributed by atoms with Crippen LogP contribution in [0, 0.1) is 41.5 Å². The molecule has 0 aromatic heterocycles. The number of benzene rings is 7. The fourth-order valence-electron chi connectivity index (χ4n) is 10.9. The summed E-state index contributed by atoms with van der Waals surface area (Å²) >= 11 is 0. The maximum Gasteiger partial charge on any atom is 0.0545 e. The monoisotopic (exact) mass is 783 g/mol. The summed E-state index contributed by atoms with van der Waals surface area (Å²) in [6, 6.07) is 49.1. The lowest BCUT2D eigenvalue weighted by Crippen LogP contribution is -2.44. The number of nitrogens with zero attached hydrogens (tertiary/aromatic N) is 3. The molecule has 3 heteroatoms. The molecule has 0 aliphatic carbocycles. The zero-order valence-corrected chi connectivity index (χ0v) is 37.5. The molecule has 3 nitrogen and oxygen atoms in total. The number of anilines is 9. The minimum absolute atomic E-state index is 0.254. The van der Waals surface area contributed by atoms with Crippen molar-refractivity contribution in [3.05, 3.63) is 194 Å². The molecule has 0 N–H and O–H groups in total. The van der Waals surface area contributed by atoms with Gasteiger partial charge in [-0.2, -0.15) is 0 Å². The van der Waals surface area contributed by atoms with E-state index in [2.05, 4.69) is 225 Å². The highest BCUT2D eigenvalue weighted by atomic mass is 15.2. The van der Waals surface area contributed by atoms with Crippen LogP contribution in [-0.4, -0.2) is 0 Å². The summed E-state index contributed by atoms with van der Waals surface area (Å²) in [5.41, 5.74) is 26.0. The van der Waals surface area contributed by atoms with Crippen LogP contribution in [0.1, 0.15) is 108 Å². The van der Waals surface area contributed by atoms with Crippen LogP contribution in [0.25, 0.3) is 0 Å². The lowest BCUT2D eigenvalue weighted by Gasteiger charge is -2.55. The van der Waals surface area contributed by atoms with E-state index in [-0.39, 0.29) is 16.2 Å². The largest absolute Gasteiger partial charge is 0.310 e. The summed E-state index contributed by atoms with van der Waals surface area (Å²) in [5.74, 6) is 0. The van der Waals surface area contributed by atoms with Gasteiger partial charge in [0.05, 0.1) is 17.1 Å². The van der Waals surface area contributed by atoms with E-state index in [0.717, 1.165) is 11.4 Å². The lowest BCUT2D eigenvalue weighted by molar-refractivity contribution is 0.567. The van der Waals surface area contributed by atoms with Gasteiger partial charge < -0.3 is 14.7 Å². The Balaban J connectivity index is 1.30. The summed E-state index contributed by atoms with van der Waals surface area (Å²) < 4.78 is 0. The van der Waals surface area contributed by atoms with Gasteiger partial charge in [-0.05, 0) is 170 Å². The maximum atomic E-state index is 2.69. The van der Waals surface area contributed by atoms with E-state index < -0.39 is 0 Å². The molecule has 3 aliphatic rings. The van der Waals surface area contributed by atoms with Crippen molar-refractivity contribution >= 4 is 51.2 Å². The topological polar surface area (TPSA) is 9.72 Å². The van der Waals surface area contributed by atoms with Crippen molar-refractivity contribution in [2.24, 2.45) is 0 Å². The highest BCUT2D eigenvalue weighted by Crippen LogP contribution is 2.67. The molecule has 7 aromatic carbocycles. The summed E-state index contributed by atoms with van der Waals surface area (Å²) in [4.78, 5) is 7.67. The molecule has 7 aromatic rings. The fraction of sp³-hybridized carbons (Fsp3) is 0.263. The van der Waals surface area contributed by atoms with E-state index in [1.165, 1.54) is 107 Å². The van der Waals surface area contributed by atoms with Gasteiger partial charge in [-0.15, -0.1) is 0 Å². The van der Waals surface area contributed by atoms with Gasteiger partial charge in [-0.3, -0.25) is 0 Å². The normalized spacial score (nSPS) is 15.7. The lowest BCUT2D eigenvalue weighted by atomic mass is 9.60. The summed E-state index contributed by atoms with van der Waals surface area (Å²) in [6.07, 6.45) is 0. The first-order chi connectivity index (χ1) is 28.4. The summed E-state index contributed by atoms with van der Waals surface area (Å²) in [5, 5.41) is 0. The second kappa shape index (κ2) is 13.0. The van der Waals surface area contributed by atoms with Crippen molar-refractivity contribution in [2.45, 2.75) is 99.3 Å². The Hall–Kier alpha value is -6.06. The van der Waals surface area contributed by atoms with Crippen LogP contribution in [0.5, 0.6) is 0 Å². The molecule has 300 valence electrons. The van der Waals surface area contributed by atoms with E-state index in [0.29, 0.717) is 0 Å². The van der Waals surface area contributed by atoms with Crippen molar-refractivity contribution in [1.82, 2.24) is 0 Å². The van der Waals surface area contributed by atoms with Crippen LogP contribution in [0.2, 0.25) is 0 Å². The van der Waals surface area contributed by atoms with Gasteiger partial charge in [0.15, 0.2) is 0 Å². The molecule has 3 heterocycles. The average Bonchev–Trinajstić information content (AvgIpc) is 3.18. The highest BCUT2D eigenvalue weighted by Gasteiger charge is 2.52. The van der Waals surface area contributed by atoms with Crippen LogP contribution in [-0.2, 0) is 16.2 Å². The van der Waals surface area contributed by atoms with Crippen molar-refractivity contribution < 1.29 is 0 Å². The quantitative estimate of drug-likeness (QED) is 0.166. The van der Waals surface area contributed by atoms with Gasteiger partial charge in [0.1, 0.15) is 0 Å². The molecule has 60 heavy (non-hydrogen) atoms. The van der Waals surface area contributed by atoms with Crippen LogP contribution >= 0.6 is 0 Å². The molecule has 0 unspecified atom stereocenters. The van der Waals surface area contributed by atoms with Crippen LogP contribution in [0.3, 0.4) is 0 Å². The molecule has 0 atom stereocenters. The SMILES string of the molecule is Cc1ccc(N(c2cc(C)cc(C)c2)c2cc3c4c(c2)C(C)(C)c2cc(N(c5ccc(C)cc5)c5cc(C)cc(C)c5)cc5c2N4c2c(cccc2C5(C)C)C3(C)C)cc1. The van der Waals surface area contributed by atoms with E-state index in [9.17, 15) is 0 Å². The number of para-hydroxylation sites is 1. The number of hydrogen-bond donors (Lipinski definition) is 0. The molecular weight excluding hydrogens is 727 g/mol. The molecule has 10 rings (SSSR count). The first kappa shape index (κ1) is 38.2. The molecule has 0 saturated carbocycles. The third-order valence-corrected chi connectivity index (χ3v) is 14.0. The Morgan fingerprint density at radius 1 is 0.300 bits per heavy atom. The molecule has 0 fully saturated rings. The molecule has 0 bridgehead atoms. The smallest absolute Gasteiger partial charge is 0.0545 e. The molecule has 0 radical (unpaired) electrons. The minimum atomic E-state index is -0.352. The van der Waals surface area contributed by atoms with E-state index in [1.807, 2.05) is 0 Å². The van der Waals surface area contributed by atoms with Crippen molar-refractivity contribution in [2.75, 3.05) is 14.7 Å². The molecule has 0 saturated heterocycles. The van der Waals surface area contributed by atoms with Gasteiger partial charge in [-0.25, -0.2) is 0 Å². The highest BCUT2D eigenvalue weighted by molar-refractivity contribution is 6.00. The molecule has 0 amide bonds. The Bertz CT molecular complexity index is 2670. The first-order valence-electron chi connectivity index (χ1n) is 21.7. The van der Waals surface area contributed by atoms with Gasteiger partial charge in [0.25, 0.3) is 0 Å². The minimum Gasteiger partial charge on any atom is -0.310 e. The first-order valence-corrected chi connectivity index (χ1v) is 21.7. The Kier molecular flexibility index (Phi) is 8.25. The summed E-state index contributed by atoms with van der Waals surface area (Å²) in [6.45, 7) is 27.9. The summed E-state index contributed by atoms with van der Waals surface area (Å²) in [7, 11) is 0. The number of rotatable bonds is 6. The average molecular weight is 784 g/mol. The Morgan fingerprint density at radius 3 is 0.917 bits per heavy atom. The Morgan fingerprint density at radius 2 is 0.583 bits per heavy atom. The zero-order chi connectivity index (χ0) is 42.2. The second-order valence-corrected chi connectivity index (χ2v) is 19.7. The van der Waals surface area contributed by atoms with Gasteiger partial charge in [-0.1, -0.05) is 107 Å².